The van der Waals surface area contributed by atoms with Crippen LogP contribution in [0.4, 0.5) is 8.78 Å². The van der Waals surface area contributed by atoms with Crippen LogP contribution in [0.1, 0.15) is 26.7 Å². The molecule has 112 valence electrons. The lowest BCUT2D eigenvalue weighted by molar-refractivity contribution is -0.143. The summed E-state index contributed by atoms with van der Waals surface area (Å²) in [5.41, 5.74) is -1.74. The van der Waals surface area contributed by atoms with Crippen LogP contribution in [0.15, 0.2) is 23.1 Å². The summed E-state index contributed by atoms with van der Waals surface area (Å²) in [6.07, 6.45) is 0.461. The minimum Gasteiger partial charge on any atom is -0.480 e. The number of sulfonamides is 1. The van der Waals surface area contributed by atoms with Crippen LogP contribution in [0.2, 0.25) is 0 Å². The lowest BCUT2D eigenvalue weighted by Gasteiger charge is -2.25. The van der Waals surface area contributed by atoms with Crippen LogP contribution in [0.3, 0.4) is 0 Å². The van der Waals surface area contributed by atoms with Crippen LogP contribution < -0.4 is 4.72 Å². The molecular weight excluding hydrogens is 292 g/mol. The second kappa shape index (κ2) is 5.84. The molecule has 0 saturated carbocycles. The number of benzene rings is 1. The van der Waals surface area contributed by atoms with E-state index in [2.05, 4.69) is 0 Å². The maximum absolute atomic E-state index is 13.0. The Bertz CT molecular complexity index is 598. The number of aliphatic carboxylic acids is 1. The smallest absolute Gasteiger partial charge is 0.324 e. The highest BCUT2D eigenvalue weighted by Gasteiger charge is 2.37. The number of carbonyl (C=O) groups is 1. The zero-order valence-corrected chi connectivity index (χ0v) is 11.8. The lowest BCUT2D eigenvalue weighted by atomic mass is 9.98. The minimum absolute atomic E-state index is 0.0410. The van der Waals surface area contributed by atoms with Crippen LogP contribution >= 0.6 is 0 Å². The third-order valence-corrected chi connectivity index (χ3v) is 4.30. The van der Waals surface area contributed by atoms with Gasteiger partial charge in [0.05, 0.1) is 4.90 Å². The van der Waals surface area contributed by atoms with Crippen molar-refractivity contribution in [2.75, 3.05) is 0 Å². The fourth-order valence-electron chi connectivity index (χ4n) is 1.74. The van der Waals surface area contributed by atoms with E-state index < -0.39 is 38.1 Å². The zero-order valence-electron chi connectivity index (χ0n) is 11.0. The predicted molar refractivity (Wildman–Crippen MR) is 67.6 cm³/mol. The molecule has 1 unspecified atom stereocenters. The number of halogens is 2. The van der Waals surface area contributed by atoms with Crippen LogP contribution in [0.25, 0.3) is 0 Å². The standard InChI is InChI=1S/C12H15F2NO4S/c1-3-4-12(2,11(16)17)15-20(18,19)10-6-8(13)5-9(14)7-10/h5-7,15H,3-4H2,1-2H3,(H,16,17). The molecule has 0 spiro atoms. The number of hydrogen-bond acceptors (Lipinski definition) is 3. The van der Waals surface area contributed by atoms with Crippen molar-refractivity contribution in [3.05, 3.63) is 29.8 Å². The first-order valence-electron chi connectivity index (χ1n) is 5.84. The Labute approximate surface area is 115 Å². The summed E-state index contributed by atoms with van der Waals surface area (Å²) in [6.45, 7) is 2.89. The molecule has 1 aromatic rings. The molecule has 20 heavy (non-hydrogen) atoms. The fraction of sp³-hybridized carbons (Fsp3) is 0.417. The maximum atomic E-state index is 13.0. The highest BCUT2D eigenvalue weighted by atomic mass is 32.2. The molecule has 0 saturated heterocycles. The molecule has 2 N–H and O–H groups in total. The maximum Gasteiger partial charge on any atom is 0.324 e. The Balaban J connectivity index is 3.19. The van der Waals surface area contributed by atoms with Gasteiger partial charge in [0.1, 0.15) is 17.2 Å². The molecular formula is C12H15F2NO4S. The Morgan fingerprint density at radius 2 is 1.80 bits per heavy atom. The van der Waals surface area contributed by atoms with Crippen molar-refractivity contribution < 1.29 is 27.1 Å². The van der Waals surface area contributed by atoms with Gasteiger partial charge < -0.3 is 5.11 Å². The van der Waals surface area contributed by atoms with Crippen molar-refractivity contribution in [3.63, 3.8) is 0 Å². The monoisotopic (exact) mass is 307 g/mol. The van der Waals surface area contributed by atoms with Gasteiger partial charge in [-0.1, -0.05) is 13.3 Å². The lowest BCUT2D eigenvalue weighted by Crippen LogP contribution is -2.51. The third kappa shape index (κ3) is 3.73. The van der Waals surface area contributed by atoms with Crippen LogP contribution in [-0.4, -0.2) is 25.0 Å². The summed E-state index contributed by atoms with van der Waals surface area (Å²) in [7, 11) is -4.34. The molecule has 0 amide bonds. The molecule has 0 bridgehead atoms. The van der Waals surface area contributed by atoms with Crippen LogP contribution in [0.5, 0.6) is 0 Å². The molecule has 0 radical (unpaired) electrons. The van der Waals surface area contributed by atoms with Gasteiger partial charge in [0.15, 0.2) is 0 Å². The van der Waals surface area contributed by atoms with Gasteiger partial charge in [-0.25, -0.2) is 17.2 Å². The fourth-order valence-corrected chi connectivity index (χ4v) is 3.18. The van der Waals surface area contributed by atoms with Crippen molar-refractivity contribution in [3.8, 4) is 0 Å². The highest BCUT2D eigenvalue weighted by molar-refractivity contribution is 7.89. The third-order valence-electron chi connectivity index (χ3n) is 2.73. The minimum atomic E-state index is -4.34. The van der Waals surface area contributed by atoms with E-state index in [4.69, 9.17) is 5.11 Å². The number of nitrogens with one attached hydrogen (secondary N) is 1. The highest BCUT2D eigenvalue weighted by Crippen LogP contribution is 2.19. The van der Waals surface area contributed by atoms with Gasteiger partial charge in [-0.2, -0.15) is 4.72 Å². The first-order chi connectivity index (χ1) is 9.10. The van der Waals surface area contributed by atoms with Crippen molar-refractivity contribution in [2.45, 2.75) is 37.1 Å². The van der Waals surface area contributed by atoms with E-state index in [0.29, 0.717) is 24.6 Å². The SMILES string of the molecule is CCCC(C)(NS(=O)(=O)c1cc(F)cc(F)c1)C(=O)O. The topological polar surface area (TPSA) is 83.5 Å². The van der Waals surface area contributed by atoms with Gasteiger partial charge in [0.2, 0.25) is 10.0 Å². The first kappa shape index (κ1) is 16.5. The largest absolute Gasteiger partial charge is 0.480 e. The Morgan fingerprint density at radius 3 is 2.20 bits per heavy atom. The molecule has 5 nitrogen and oxygen atoms in total. The van der Waals surface area contributed by atoms with E-state index in [1.165, 1.54) is 6.92 Å². The first-order valence-corrected chi connectivity index (χ1v) is 7.32. The summed E-state index contributed by atoms with van der Waals surface area (Å²) in [5, 5.41) is 9.11. The number of rotatable bonds is 6. The van der Waals surface area contributed by atoms with Gasteiger partial charge in [-0.05, 0) is 25.5 Å². The summed E-state index contributed by atoms with van der Waals surface area (Å²) < 4.78 is 52.1. The van der Waals surface area contributed by atoms with E-state index >= 15 is 0 Å². The summed E-state index contributed by atoms with van der Waals surface area (Å²) >= 11 is 0. The molecule has 0 aliphatic carbocycles. The Hall–Kier alpha value is -1.54. The van der Waals surface area contributed by atoms with Crippen LogP contribution in [0, 0.1) is 11.6 Å². The molecule has 8 heteroatoms. The van der Waals surface area contributed by atoms with Gasteiger partial charge >= 0.3 is 5.97 Å². The van der Waals surface area contributed by atoms with Crippen molar-refractivity contribution in [2.24, 2.45) is 0 Å². The van der Waals surface area contributed by atoms with Gasteiger partial charge in [0, 0.05) is 6.07 Å². The van der Waals surface area contributed by atoms with Gasteiger partial charge in [0.25, 0.3) is 0 Å². The second-order valence-corrected chi connectivity index (χ2v) is 6.28. The molecule has 1 aromatic carbocycles. The summed E-state index contributed by atoms with van der Waals surface area (Å²) in [4.78, 5) is 10.5. The number of carboxylic acids is 1. The van der Waals surface area contributed by atoms with E-state index in [1.54, 1.807) is 6.92 Å². The van der Waals surface area contributed by atoms with Gasteiger partial charge in [-0.3, -0.25) is 4.79 Å². The average molecular weight is 307 g/mol. The quantitative estimate of drug-likeness (QED) is 0.840. The molecule has 0 aliphatic heterocycles. The second-order valence-electron chi connectivity index (χ2n) is 4.60. The average Bonchev–Trinajstić information content (AvgIpc) is 2.26. The normalized spacial score (nSPS) is 14.8. The summed E-state index contributed by atoms with van der Waals surface area (Å²) in [6, 6.07) is 1.78. The van der Waals surface area contributed by atoms with E-state index in [9.17, 15) is 22.0 Å². The van der Waals surface area contributed by atoms with E-state index in [-0.39, 0.29) is 6.42 Å². The Morgan fingerprint density at radius 1 is 1.30 bits per heavy atom. The number of hydrogen-bond donors (Lipinski definition) is 2. The van der Waals surface area contributed by atoms with Crippen LogP contribution in [-0.2, 0) is 14.8 Å². The van der Waals surface area contributed by atoms with E-state index in [1.807, 2.05) is 4.72 Å². The molecule has 1 atom stereocenters. The molecule has 1 rings (SSSR count). The molecule has 0 heterocycles. The van der Waals surface area contributed by atoms with Crippen molar-refractivity contribution in [1.82, 2.24) is 4.72 Å². The zero-order chi connectivity index (χ0) is 15.6. The Kier molecular flexibility index (Phi) is 4.82. The van der Waals surface area contributed by atoms with Crippen molar-refractivity contribution in [1.29, 1.82) is 0 Å². The molecule has 0 aliphatic rings. The van der Waals surface area contributed by atoms with Crippen molar-refractivity contribution >= 4 is 16.0 Å². The molecule has 0 aromatic heterocycles. The summed E-state index contributed by atoms with van der Waals surface area (Å²) in [5.74, 6) is -3.48. The van der Waals surface area contributed by atoms with Gasteiger partial charge in [-0.15, -0.1) is 0 Å². The molecule has 0 fully saturated rings. The van der Waals surface area contributed by atoms with E-state index in [0.717, 1.165) is 0 Å². The number of carboxylic acid groups (broad SMARTS) is 1. The predicted octanol–water partition coefficient (Wildman–Crippen LogP) is 1.89.